The van der Waals surface area contributed by atoms with Crippen LogP contribution in [0.5, 0.6) is 0 Å². The molecular weight excluding hydrogens is 248 g/mol. The van der Waals surface area contributed by atoms with Crippen LogP contribution in [0.3, 0.4) is 0 Å². The molecule has 1 aromatic rings. The van der Waals surface area contributed by atoms with E-state index in [1.165, 1.54) is 11.1 Å². The Kier molecular flexibility index (Phi) is 4.48. The zero-order valence-electron chi connectivity index (χ0n) is 13.1. The van der Waals surface area contributed by atoms with Crippen LogP contribution in [0.1, 0.15) is 50.8 Å². The third-order valence-corrected chi connectivity index (χ3v) is 4.10. The molecule has 2 rings (SSSR count). The van der Waals surface area contributed by atoms with Gasteiger partial charge in [0.05, 0.1) is 0 Å². The van der Waals surface area contributed by atoms with E-state index in [-0.39, 0.29) is 17.4 Å². The van der Waals surface area contributed by atoms with Gasteiger partial charge in [-0.15, -0.1) is 0 Å². The van der Waals surface area contributed by atoms with Gasteiger partial charge in [0.25, 0.3) is 0 Å². The SMILES string of the molecule is CNC(CN1CCCC1=O)c1ccc(C(C)(C)C)cc1. The molecule has 0 bridgehead atoms. The number of carbonyl (C=O) groups is 1. The fraction of sp³-hybridized carbons (Fsp3) is 0.588. The van der Waals surface area contributed by atoms with Gasteiger partial charge < -0.3 is 10.2 Å². The lowest BCUT2D eigenvalue weighted by molar-refractivity contribution is -0.128. The quantitative estimate of drug-likeness (QED) is 0.915. The maximum atomic E-state index is 11.7. The number of nitrogens with one attached hydrogen (secondary N) is 1. The zero-order valence-corrected chi connectivity index (χ0v) is 13.1. The first-order valence-corrected chi connectivity index (χ1v) is 7.47. The lowest BCUT2D eigenvalue weighted by Gasteiger charge is -2.25. The fourth-order valence-corrected chi connectivity index (χ4v) is 2.70. The van der Waals surface area contributed by atoms with Crippen LogP contribution in [0.25, 0.3) is 0 Å². The van der Waals surface area contributed by atoms with Crippen LogP contribution in [-0.4, -0.2) is 30.9 Å². The average molecular weight is 274 g/mol. The smallest absolute Gasteiger partial charge is 0.222 e. The van der Waals surface area contributed by atoms with Crippen LogP contribution in [0, 0.1) is 0 Å². The largest absolute Gasteiger partial charge is 0.341 e. The molecule has 0 saturated carbocycles. The van der Waals surface area contributed by atoms with Crippen molar-refractivity contribution in [3.8, 4) is 0 Å². The van der Waals surface area contributed by atoms with Crippen LogP contribution in [0.15, 0.2) is 24.3 Å². The second-order valence-corrected chi connectivity index (χ2v) is 6.66. The molecule has 3 heteroatoms. The summed E-state index contributed by atoms with van der Waals surface area (Å²) in [6.07, 6.45) is 1.71. The molecule has 1 aromatic carbocycles. The average Bonchev–Trinajstić information content (AvgIpc) is 2.80. The molecule has 1 saturated heterocycles. The van der Waals surface area contributed by atoms with Gasteiger partial charge in [-0.25, -0.2) is 0 Å². The van der Waals surface area contributed by atoms with E-state index in [2.05, 4.69) is 50.4 Å². The van der Waals surface area contributed by atoms with Crippen molar-refractivity contribution >= 4 is 5.91 Å². The fourth-order valence-electron chi connectivity index (χ4n) is 2.70. The first kappa shape index (κ1) is 15.0. The lowest BCUT2D eigenvalue weighted by atomic mass is 9.86. The van der Waals surface area contributed by atoms with Crippen LogP contribution < -0.4 is 5.32 Å². The van der Waals surface area contributed by atoms with Gasteiger partial charge >= 0.3 is 0 Å². The zero-order chi connectivity index (χ0) is 14.8. The van der Waals surface area contributed by atoms with E-state index in [9.17, 15) is 4.79 Å². The van der Waals surface area contributed by atoms with E-state index < -0.39 is 0 Å². The predicted octanol–water partition coefficient (Wildman–Crippen LogP) is 2.87. The van der Waals surface area contributed by atoms with Crippen molar-refractivity contribution < 1.29 is 4.79 Å². The molecule has 1 amide bonds. The van der Waals surface area contributed by atoms with Crippen molar-refractivity contribution in [2.75, 3.05) is 20.1 Å². The highest BCUT2D eigenvalue weighted by molar-refractivity contribution is 5.78. The Hall–Kier alpha value is -1.35. The lowest BCUT2D eigenvalue weighted by Crippen LogP contribution is -2.34. The third kappa shape index (κ3) is 3.40. The van der Waals surface area contributed by atoms with E-state index in [1.807, 2.05) is 11.9 Å². The third-order valence-electron chi connectivity index (χ3n) is 4.10. The number of rotatable bonds is 4. The summed E-state index contributed by atoms with van der Waals surface area (Å²) in [5, 5.41) is 3.33. The van der Waals surface area contributed by atoms with Gasteiger partial charge in [-0.1, -0.05) is 45.0 Å². The molecule has 0 radical (unpaired) electrons. The predicted molar refractivity (Wildman–Crippen MR) is 82.8 cm³/mol. The Balaban J connectivity index is 2.09. The van der Waals surface area contributed by atoms with Crippen LogP contribution in [0.4, 0.5) is 0 Å². The first-order chi connectivity index (χ1) is 9.41. The Morgan fingerprint density at radius 1 is 1.25 bits per heavy atom. The number of likely N-dealkylation sites (N-methyl/N-ethyl adjacent to an activating group) is 1. The van der Waals surface area contributed by atoms with Crippen molar-refractivity contribution in [2.45, 2.75) is 45.1 Å². The van der Waals surface area contributed by atoms with Gasteiger partial charge in [-0.3, -0.25) is 4.79 Å². The van der Waals surface area contributed by atoms with Crippen molar-refractivity contribution in [3.63, 3.8) is 0 Å². The Morgan fingerprint density at radius 2 is 1.90 bits per heavy atom. The molecule has 110 valence electrons. The van der Waals surface area contributed by atoms with E-state index in [0.29, 0.717) is 6.42 Å². The molecule has 0 spiro atoms. The summed E-state index contributed by atoms with van der Waals surface area (Å²) in [5.74, 6) is 0.288. The van der Waals surface area contributed by atoms with Gasteiger partial charge in [-0.2, -0.15) is 0 Å². The standard InChI is InChI=1S/C17H26N2O/c1-17(2,3)14-9-7-13(8-10-14)15(18-4)12-19-11-5-6-16(19)20/h7-10,15,18H,5-6,11-12H2,1-4H3. The number of carbonyl (C=O) groups excluding carboxylic acids is 1. The topological polar surface area (TPSA) is 32.3 Å². The second-order valence-electron chi connectivity index (χ2n) is 6.66. The first-order valence-electron chi connectivity index (χ1n) is 7.47. The Labute approximate surface area is 122 Å². The molecule has 0 aliphatic carbocycles. The van der Waals surface area contributed by atoms with Gasteiger partial charge in [0.1, 0.15) is 0 Å². The van der Waals surface area contributed by atoms with Crippen LogP contribution in [0.2, 0.25) is 0 Å². The summed E-state index contributed by atoms with van der Waals surface area (Å²) in [7, 11) is 1.96. The van der Waals surface area contributed by atoms with Crippen LogP contribution >= 0.6 is 0 Å². The number of amides is 1. The molecule has 1 heterocycles. The van der Waals surface area contributed by atoms with E-state index in [0.717, 1.165) is 19.5 Å². The van der Waals surface area contributed by atoms with Crippen molar-refractivity contribution in [2.24, 2.45) is 0 Å². The number of benzene rings is 1. The summed E-state index contributed by atoms with van der Waals surface area (Å²) < 4.78 is 0. The molecule has 20 heavy (non-hydrogen) atoms. The Morgan fingerprint density at radius 3 is 2.35 bits per heavy atom. The molecule has 3 nitrogen and oxygen atoms in total. The van der Waals surface area contributed by atoms with Crippen molar-refractivity contribution in [1.82, 2.24) is 10.2 Å². The molecule has 1 atom stereocenters. The maximum Gasteiger partial charge on any atom is 0.222 e. The molecular formula is C17H26N2O. The van der Waals surface area contributed by atoms with Crippen LogP contribution in [-0.2, 0) is 10.2 Å². The normalized spacial score (nSPS) is 17.6. The molecule has 1 N–H and O–H groups in total. The summed E-state index contributed by atoms with van der Waals surface area (Å²) in [6.45, 7) is 8.34. The summed E-state index contributed by atoms with van der Waals surface area (Å²) in [6, 6.07) is 8.98. The van der Waals surface area contributed by atoms with Gasteiger partial charge in [0, 0.05) is 25.6 Å². The highest BCUT2D eigenvalue weighted by Gasteiger charge is 2.23. The summed E-state index contributed by atoms with van der Waals surface area (Å²) >= 11 is 0. The molecule has 1 aliphatic heterocycles. The number of hydrogen-bond acceptors (Lipinski definition) is 2. The molecule has 0 aromatic heterocycles. The van der Waals surface area contributed by atoms with E-state index >= 15 is 0 Å². The van der Waals surface area contributed by atoms with Gasteiger partial charge in [-0.05, 0) is 30.0 Å². The monoisotopic (exact) mass is 274 g/mol. The van der Waals surface area contributed by atoms with Crippen molar-refractivity contribution in [3.05, 3.63) is 35.4 Å². The van der Waals surface area contributed by atoms with Gasteiger partial charge in [0.15, 0.2) is 0 Å². The summed E-state index contributed by atoms with van der Waals surface area (Å²) in [5.41, 5.74) is 2.77. The summed E-state index contributed by atoms with van der Waals surface area (Å²) in [4.78, 5) is 13.7. The minimum atomic E-state index is 0.179. The van der Waals surface area contributed by atoms with Gasteiger partial charge in [0.2, 0.25) is 5.91 Å². The number of hydrogen-bond donors (Lipinski definition) is 1. The number of nitrogens with zero attached hydrogens (tertiary/aromatic N) is 1. The minimum absolute atomic E-state index is 0.179. The number of likely N-dealkylation sites (tertiary alicyclic amines) is 1. The maximum absolute atomic E-state index is 11.7. The van der Waals surface area contributed by atoms with E-state index in [4.69, 9.17) is 0 Å². The highest BCUT2D eigenvalue weighted by atomic mass is 16.2. The molecule has 1 fully saturated rings. The second kappa shape index (κ2) is 5.96. The van der Waals surface area contributed by atoms with Crippen molar-refractivity contribution in [1.29, 1.82) is 0 Å². The molecule has 1 aliphatic rings. The molecule has 1 unspecified atom stereocenters. The minimum Gasteiger partial charge on any atom is -0.341 e. The highest BCUT2D eigenvalue weighted by Crippen LogP contribution is 2.24. The van der Waals surface area contributed by atoms with E-state index in [1.54, 1.807) is 0 Å². The Bertz CT molecular complexity index is 459.